The van der Waals surface area contributed by atoms with E-state index in [4.69, 9.17) is 37.4 Å². The van der Waals surface area contributed by atoms with E-state index in [9.17, 15) is 9.59 Å². The fourth-order valence-electron chi connectivity index (χ4n) is 2.89. The molecular weight excluding hydrogens is 541 g/mol. The smallest absolute Gasteiger partial charge is 0.293 e. The summed E-state index contributed by atoms with van der Waals surface area (Å²) in [6.45, 7) is 3.05. The van der Waals surface area contributed by atoms with Gasteiger partial charge >= 0.3 is 0 Å². The Labute approximate surface area is 208 Å². The van der Waals surface area contributed by atoms with Crippen LogP contribution >= 0.6 is 50.9 Å². The zero-order chi connectivity index (χ0) is 23.3. The Morgan fingerprint density at radius 3 is 2.59 bits per heavy atom. The Hall–Kier alpha value is -1.71. The van der Waals surface area contributed by atoms with Gasteiger partial charge in [0, 0.05) is 7.11 Å². The number of ether oxygens (including phenoxy) is 3. The Bertz CT molecular complexity index is 1060. The van der Waals surface area contributed by atoms with Gasteiger partial charge in [0.1, 0.15) is 6.61 Å². The van der Waals surface area contributed by atoms with Gasteiger partial charge in [0.2, 0.25) is 0 Å². The third-order valence-electron chi connectivity index (χ3n) is 4.39. The SMILES string of the molecule is CCOc1cc(/C=C2/SC(=O)N(CCOC)C2=O)cc(Br)c1OCc1ccc(Cl)c(Cl)c1. The number of benzene rings is 2. The largest absolute Gasteiger partial charge is 0.490 e. The Balaban J connectivity index is 1.83. The van der Waals surface area contributed by atoms with Gasteiger partial charge in [-0.2, -0.15) is 0 Å². The van der Waals surface area contributed by atoms with Crippen molar-refractivity contribution in [2.45, 2.75) is 13.5 Å². The number of hydrogen-bond donors (Lipinski definition) is 0. The zero-order valence-electron chi connectivity index (χ0n) is 17.3. The molecule has 1 fully saturated rings. The molecule has 1 aliphatic heterocycles. The lowest BCUT2D eigenvalue weighted by molar-refractivity contribution is -0.123. The van der Waals surface area contributed by atoms with Crippen molar-refractivity contribution in [3.05, 3.63) is 60.9 Å². The van der Waals surface area contributed by atoms with E-state index < -0.39 is 0 Å². The van der Waals surface area contributed by atoms with Gasteiger partial charge in [-0.15, -0.1) is 0 Å². The minimum absolute atomic E-state index is 0.216. The molecule has 3 rings (SSSR count). The summed E-state index contributed by atoms with van der Waals surface area (Å²) in [7, 11) is 1.52. The summed E-state index contributed by atoms with van der Waals surface area (Å²) >= 11 is 16.5. The second kappa shape index (κ2) is 11.4. The van der Waals surface area contributed by atoms with Crippen molar-refractivity contribution in [3.63, 3.8) is 0 Å². The maximum atomic E-state index is 12.6. The Kier molecular flexibility index (Phi) is 8.90. The van der Waals surface area contributed by atoms with Gasteiger partial charge in [-0.25, -0.2) is 0 Å². The van der Waals surface area contributed by atoms with Crippen molar-refractivity contribution in [2.75, 3.05) is 26.9 Å². The predicted octanol–water partition coefficient (Wildman–Crippen LogP) is 6.42. The molecule has 0 saturated carbocycles. The number of carbonyl (C=O) groups excluding carboxylic acids is 2. The number of rotatable bonds is 9. The molecule has 0 aliphatic carbocycles. The van der Waals surface area contributed by atoms with E-state index in [1.165, 1.54) is 12.0 Å². The van der Waals surface area contributed by atoms with E-state index in [0.29, 0.717) is 43.1 Å². The molecule has 0 atom stereocenters. The molecule has 1 saturated heterocycles. The third-order valence-corrected chi connectivity index (χ3v) is 6.62. The number of imide groups is 1. The van der Waals surface area contributed by atoms with Crippen molar-refractivity contribution >= 4 is 68.1 Å². The first-order valence-corrected chi connectivity index (χ1v) is 12.0. The first-order valence-electron chi connectivity index (χ1n) is 9.61. The highest BCUT2D eigenvalue weighted by Crippen LogP contribution is 2.40. The fourth-order valence-corrected chi connectivity index (χ4v) is 4.65. The number of halogens is 3. The number of thioether (sulfide) groups is 1. The first-order chi connectivity index (χ1) is 15.3. The van der Waals surface area contributed by atoms with Crippen LogP contribution < -0.4 is 9.47 Å². The Morgan fingerprint density at radius 1 is 1.12 bits per heavy atom. The summed E-state index contributed by atoms with van der Waals surface area (Å²) < 4.78 is 17.4. The average molecular weight is 561 g/mol. The standard InChI is InChI=1S/C22H20BrCl2NO5S/c1-3-30-18-10-14(11-19-21(27)26(6-7-29-2)22(28)32-19)8-15(23)20(18)31-12-13-4-5-16(24)17(25)9-13/h4-5,8-11H,3,6-7,12H2,1-2H3/b19-11+. The quantitative estimate of drug-likeness (QED) is 0.330. The van der Waals surface area contributed by atoms with Crippen LogP contribution in [0.25, 0.3) is 6.08 Å². The summed E-state index contributed by atoms with van der Waals surface area (Å²) in [5, 5.41) is 0.609. The van der Waals surface area contributed by atoms with Crippen LogP contribution in [0.5, 0.6) is 11.5 Å². The van der Waals surface area contributed by atoms with Crippen LogP contribution in [-0.2, 0) is 16.1 Å². The molecule has 32 heavy (non-hydrogen) atoms. The summed E-state index contributed by atoms with van der Waals surface area (Å²) in [5.41, 5.74) is 1.54. The summed E-state index contributed by atoms with van der Waals surface area (Å²) in [6, 6.07) is 8.85. The number of methoxy groups -OCH3 is 1. The molecule has 6 nitrogen and oxygen atoms in total. The molecule has 1 heterocycles. The van der Waals surface area contributed by atoms with Crippen LogP contribution in [-0.4, -0.2) is 42.9 Å². The van der Waals surface area contributed by atoms with Gasteiger partial charge in [0.25, 0.3) is 11.1 Å². The van der Waals surface area contributed by atoms with Crippen LogP contribution in [0.2, 0.25) is 10.0 Å². The van der Waals surface area contributed by atoms with E-state index in [1.807, 2.05) is 13.0 Å². The topological polar surface area (TPSA) is 65.1 Å². The zero-order valence-corrected chi connectivity index (χ0v) is 21.2. The highest BCUT2D eigenvalue weighted by atomic mass is 79.9. The van der Waals surface area contributed by atoms with E-state index in [0.717, 1.165) is 17.3 Å². The maximum Gasteiger partial charge on any atom is 0.293 e. The van der Waals surface area contributed by atoms with Crippen molar-refractivity contribution < 1.29 is 23.8 Å². The molecule has 2 amide bonds. The normalized spacial score (nSPS) is 15.0. The van der Waals surface area contributed by atoms with Crippen molar-refractivity contribution in [1.29, 1.82) is 0 Å². The summed E-state index contributed by atoms with van der Waals surface area (Å²) in [4.78, 5) is 26.2. The number of hydrogen-bond acceptors (Lipinski definition) is 6. The van der Waals surface area contributed by atoms with Crippen LogP contribution in [0.3, 0.4) is 0 Å². The van der Waals surface area contributed by atoms with Gasteiger partial charge in [-0.05, 0) is 76.1 Å². The second-order valence-electron chi connectivity index (χ2n) is 6.63. The Morgan fingerprint density at radius 2 is 1.91 bits per heavy atom. The lowest BCUT2D eigenvalue weighted by Gasteiger charge is -2.15. The molecule has 0 unspecified atom stereocenters. The predicted molar refractivity (Wildman–Crippen MR) is 131 cm³/mol. The minimum Gasteiger partial charge on any atom is -0.490 e. The molecule has 10 heteroatoms. The molecular formula is C22H20BrCl2NO5S. The number of carbonyl (C=O) groups is 2. The highest BCUT2D eigenvalue weighted by Gasteiger charge is 2.34. The van der Waals surface area contributed by atoms with Crippen molar-refractivity contribution in [3.8, 4) is 11.5 Å². The molecule has 0 N–H and O–H groups in total. The van der Waals surface area contributed by atoms with Crippen LogP contribution in [0, 0.1) is 0 Å². The molecule has 0 aromatic heterocycles. The molecule has 0 radical (unpaired) electrons. The van der Waals surface area contributed by atoms with Crippen LogP contribution in [0.4, 0.5) is 4.79 Å². The lowest BCUT2D eigenvalue weighted by Crippen LogP contribution is -2.31. The summed E-state index contributed by atoms with van der Waals surface area (Å²) in [6.07, 6.45) is 1.66. The second-order valence-corrected chi connectivity index (χ2v) is 9.29. The molecule has 1 aliphatic rings. The van der Waals surface area contributed by atoms with Gasteiger partial charge in [-0.1, -0.05) is 29.3 Å². The third kappa shape index (κ3) is 5.99. The van der Waals surface area contributed by atoms with Gasteiger partial charge in [0.15, 0.2) is 11.5 Å². The number of amides is 2. The van der Waals surface area contributed by atoms with Gasteiger partial charge < -0.3 is 14.2 Å². The molecule has 170 valence electrons. The minimum atomic E-state index is -0.342. The van der Waals surface area contributed by atoms with E-state index in [1.54, 1.807) is 30.3 Å². The van der Waals surface area contributed by atoms with Crippen LogP contribution in [0.15, 0.2) is 39.7 Å². The van der Waals surface area contributed by atoms with Crippen LogP contribution in [0.1, 0.15) is 18.1 Å². The molecule has 0 bridgehead atoms. The van der Waals surface area contributed by atoms with Gasteiger partial charge in [-0.3, -0.25) is 14.5 Å². The number of nitrogens with zero attached hydrogens (tertiary/aromatic N) is 1. The molecule has 2 aromatic rings. The molecule has 2 aromatic carbocycles. The first kappa shape index (κ1) is 24.9. The van der Waals surface area contributed by atoms with Crippen molar-refractivity contribution in [1.82, 2.24) is 4.90 Å². The van der Waals surface area contributed by atoms with Crippen molar-refractivity contribution in [2.24, 2.45) is 0 Å². The lowest BCUT2D eigenvalue weighted by atomic mass is 10.1. The molecule has 0 spiro atoms. The van der Waals surface area contributed by atoms with E-state index in [2.05, 4.69) is 15.9 Å². The summed E-state index contributed by atoms with van der Waals surface area (Å²) in [5.74, 6) is 0.682. The highest BCUT2D eigenvalue weighted by molar-refractivity contribution is 9.10. The maximum absolute atomic E-state index is 12.6. The monoisotopic (exact) mass is 559 g/mol. The van der Waals surface area contributed by atoms with E-state index in [-0.39, 0.29) is 30.9 Å². The van der Waals surface area contributed by atoms with E-state index >= 15 is 0 Å². The van der Waals surface area contributed by atoms with Gasteiger partial charge in [0.05, 0.1) is 39.2 Å². The fraction of sp³-hybridized carbons (Fsp3) is 0.273. The average Bonchev–Trinajstić information content (AvgIpc) is 3.01.